The minimum absolute atomic E-state index is 0.0120. The van der Waals surface area contributed by atoms with Crippen LogP contribution in [0.25, 0.3) is 0 Å². The van der Waals surface area contributed by atoms with Crippen molar-refractivity contribution in [2.24, 2.45) is 10.9 Å². The van der Waals surface area contributed by atoms with E-state index in [1.807, 2.05) is 24.0 Å². The Morgan fingerprint density at radius 1 is 1.31 bits per heavy atom. The highest BCUT2D eigenvalue weighted by atomic mass is 32.2. The van der Waals surface area contributed by atoms with Gasteiger partial charge in [-0.2, -0.15) is 0 Å². The van der Waals surface area contributed by atoms with Crippen molar-refractivity contribution in [3.8, 4) is 5.75 Å². The number of hydrogen-bond acceptors (Lipinski definition) is 7. The van der Waals surface area contributed by atoms with Gasteiger partial charge in [0.25, 0.3) is 5.91 Å². The minimum atomic E-state index is 0.0120. The van der Waals surface area contributed by atoms with Crippen LogP contribution in [0.4, 0.5) is 0 Å². The zero-order chi connectivity index (χ0) is 20.4. The zero-order valence-electron chi connectivity index (χ0n) is 16.7. The van der Waals surface area contributed by atoms with Crippen LogP contribution in [0, 0.1) is 12.8 Å². The molecule has 2 amide bonds. The highest BCUT2D eigenvalue weighted by Crippen LogP contribution is 2.39. The Bertz CT molecular complexity index is 835. The van der Waals surface area contributed by atoms with Crippen molar-refractivity contribution in [3.05, 3.63) is 23.3 Å². The number of aryl methyl sites for hydroxylation is 1. The molecular formula is C20H26N4O3S2. The van der Waals surface area contributed by atoms with Crippen LogP contribution >= 0.6 is 23.5 Å². The van der Waals surface area contributed by atoms with Gasteiger partial charge in [0.15, 0.2) is 5.17 Å². The fourth-order valence-corrected chi connectivity index (χ4v) is 5.69. The molecule has 7 nitrogen and oxygen atoms in total. The number of benzene rings is 1. The molecule has 4 rings (SSSR count). The smallest absolute Gasteiger partial charge is 0.257 e. The number of nitrogens with one attached hydrogen (secondary N) is 2. The number of amides is 2. The largest absolute Gasteiger partial charge is 0.496 e. The van der Waals surface area contributed by atoms with Crippen molar-refractivity contribution >= 4 is 40.5 Å². The first kappa shape index (κ1) is 20.6. The van der Waals surface area contributed by atoms with Gasteiger partial charge in [-0.05, 0) is 37.5 Å². The number of carbonyl (C=O) groups is 2. The van der Waals surface area contributed by atoms with Gasteiger partial charge in [0.1, 0.15) is 5.75 Å². The van der Waals surface area contributed by atoms with Gasteiger partial charge in [-0.15, -0.1) is 11.8 Å². The third-order valence-electron chi connectivity index (χ3n) is 5.20. The molecule has 1 aromatic carbocycles. The lowest BCUT2D eigenvalue weighted by Crippen LogP contribution is -2.46. The van der Waals surface area contributed by atoms with Gasteiger partial charge < -0.3 is 20.3 Å². The summed E-state index contributed by atoms with van der Waals surface area (Å²) in [6.07, 6.45) is 1.97. The fraction of sp³-hybridized carbons (Fsp3) is 0.550. The summed E-state index contributed by atoms with van der Waals surface area (Å²) in [5.41, 5.74) is 1.67. The second-order valence-corrected chi connectivity index (χ2v) is 10.2. The van der Waals surface area contributed by atoms with Crippen LogP contribution in [0.1, 0.15) is 28.8 Å². The van der Waals surface area contributed by atoms with Crippen molar-refractivity contribution in [2.45, 2.75) is 29.2 Å². The van der Waals surface area contributed by atoms with Crippen LogP contribution in [-0.2, 0) is 4.79 Å². The molecule has 1 aromatic rings. The number of hydrogen-bond donors (Lipinski definition) is 2. The van der Waals surface area contributed by atoms with Crippen molar-refractivity contribution in [2.75, 3.05) is 39.8 Å². The Hall–Kier alpha value is -1.71. The molecule has 0 spiro atoms. The Labute approximate surface area is 179 Å². The highest BCUT2D eigenvalue weighted by Gasteiger charge is 2.32. The van der Waals surface area contributed by atoms with E-state index in [4.69, 9.17) is 4.74 Å². The van der Waals surface area contributed by atoms with Crippen molar-refractivity contribution in [1.29, 1.82) is 0 Å². The monoisotopic (exact) mass is 434 g/mol. The van der Waals surface area contributed by atoms with Crippen LogP contribution in [0.3, 0.4) is 0 Å². The maximum absolute atomic E-state index is 13.1. The third kappa shape index (κ3) is 4.90. The van der Waals surface area contributed by atoms with E-state index < -0.39 is 0 Å². The van der Waals surface area contributed by atoms with E-state index in [1.54, 1.807) is 30.6 Å². The molecule has 29 heavy (non-hydrogen) atoms. The van der Waals surface area contributed by atoms with E-state index in [2.05, 4.69) is 15.6 Å². The lowest BCUT2D eigenvalue weighted by Gasteiger charge is -2.28. The van der Waals surface area contributed by atoms with Crippen molar-refractivity contribution in [3.63, 3.8) is 0 Å². The molecule has 2 fully saturated rings. The van der Waals surface area contributed by atoms with E-state index >= 15 is 0 Å². The lowest BCUT2D eigenvalue weighted by atomic mass is 10.1. The Balaban J connectivity index is 1.44. The van der Waals surface area contributed by atoms with Crippen LogP contribution in [0.5, 0.6) is 5.75 Å². The molecule has 0 radical (unpaired) electrons. The van der Waals surface area contributed by atoms with Gasteiger partial charge in [-0.3, -0.25) is 14.6 Å². The number of thioether (sulfide) groups is 2. The standard InChI is InChI=1S/C20H26N4O3S2/c1-12-9-15(27-2)14(19(26)24-7-5-21-6-8-24)10-16(12)28-17-11-22-20(29-17)23-18(25)13-3-4-13/h9-10,13,17,21H,3-8,11H2,1-2H3,(H,22,23,25). The predicted molar refractivity (Wildman–Crippen MR) is 117 cm³/mol. The highest BCUT2D eigenvalue weighted by molar-refractivity contribution is 8.25. The average molecular weight is 435 g/mol. The molecule has 156 valence electrons. The lowest BCUT2D eigenvalue weighted by molar-refractivity contribution is -0.120. The summed E-state index contributed by atoms with van der Waals surface area (Å²) in [7, 11) is 1.60. The maximum atomic E-state index is 13.1. The summed E-state index contributed by atoms with van der Waals surface area (Å²) < 4.78 is 5.68. The molecular weight excluding hydrogens is 408 g/mol. The van der Waals surface area contributed by atoms with Crippen LogP contribution < -0.4 is 15.4 Å². The molecule has 9 heteroatoms. The van der Waals surface area contributed by atoms with Gasteiger partial charge in [0.2, 0.25) is 5.91 Å². The summed E-state index contributed by atoms with van der Waals surface area (Å²) in [6.45, 7) is 5.70. The molecule has 1 unspecified atom stereocenters. The molecule has 2 heterocycles. The maximum Gasteiger partial charge on any atom is 0.257 e. The van der Waals surface area contributed by atoms with Gasteiger partial charge in [-0.25, -0.2) is 0 Å². The molecule has 0 aromatic heterocycles. The topological polar surface area (TPSA) is 83.0 Å². The first-order valence-corrected chi connectivity index (χ1v) is 11.7. The van der Waals surface area contributed by atoms with Crippen LogP contribution in [0.2, 0.25) is 0 Å². The number of ether oxygens (including phenoxy) is 1. The number of methoxy groups -OCH3 is 1. The van der Waals surface area contributed by atoms with E-state index in [-0.39, 0.29) is 22.3 Å². The summed E-state index contributed by atoms with van der Waals surface area (Å²) in [4.78, 5) is 32.4. The summed E-state index contributed by atoms with van der Waals surface area (Å²) in [5.74, 6) is 0.889. The molecule has 0 bridgehead atoms. The summed E-state index contributed by atoms with van der Waals surface area (Å²) >= 11 is 3.27. The number of rotatable bonds is 5. The number of aliphatic imine (C=N–C) groups is 1. The van der Waals surface area contributed by atoms with Crippen molar-refractivity contribution in [1.82, 2.24) is 15.5 Å². The van der Waals surface area contributed by atoms with Gasteiger partial charge in [0, 0.05) is 37.0 Å². The van der Waals surface area contributed by atoms with Gasteiger partial charge in [0.05, 0.1) is 23.8 Å². The second-order valence-electron chi connectivity index (χ2n) is 7.43. The van der Waals surface area contributed by atoms with Gasteiger partial charge >= 0.3 is 0 Å². The SMILES string of the molecule is COc1cc(C)c(SC2CN=C(NC(=O)C3CC3)S2)cc1C(=O)N1CCNCC1. The quantitative estimate of drug-likeness (QED) is 0.739. The molecule has 1 atom stereocenters. The second kappa shape index (κ2) is 8.97. The molecule has 2 N–H and O–H groups in total. The predicted octanol–water partition coefficient (Wildman–Crippen LogP) is 2.10. The minimum Gasteiger partial charge on any atom is -0.496 e. The van der Waals surface area contributed by atoms with E-state index in [0.29, 0.717) is 36.1 Å². The average Bonchev–Trinajstić information content (AvgIpc) is 3.50. The van der Waals surface area contributed by atoms with E-state index in [0.717, 1.165) is 36.4 Å². The van der Waals surface area contributed by atoms with Gasteiger partial charge in [-0.1, -0.05) is 11.8 Å². The number of piperazine rings is 1. The van der Waals surface area contributed by atoms with E-state index in [1.165, 1.54) is 0 Å². The van der Waals surface area contributed by atoms with Crippen molar-refractivity contribution < 1.29 is 14.3 Å². The first-order chi connectivity index (χ1) is 14.0. The molecule has 2 aliphatic heterocycles. The summed E-state index contributed by atoms with van der Waals surface area (Å²) in [5, 5.41) is 6.92. The number of carbonyl (C=O) groups excluding carboxylic acids is 2. The Morgan fingerprint density at radius 2 is 2.07 bits per heavy atom. The molecule has 1 saturated carbocycles. The molecule has 3 aliphatic rings. The van der Waals surface area contributed by atoms with E-state index in [9.17, 15) is 9.59 Å². The number of nitrogens with zero attached hydrogens (tertiary/aromatic N) is 2. The Kier molecular flexibility index (Phi) is 6.36. The van der Waals surface area contributed by atoms with Crippen LogP contribution in [0.15, 0.2) is 22.0 Å². The Morgan fingerprint density at radius 3 is 2.76 bits per heavy atom. The first-order valence-electron chi connectivity index (χ1n) is 9.92. The summed E-state index contributed by atoms with van der Waals surface area (Å²) in [6, 6.07) is 3.89. The number of amidine groups is 1. The third-order valence-corrected chi connectivity index (χ3v) is 7.74. The molecule has 1 saturated heterocycles. The zero-order valence-corrected chi connectivity index (χ0v) is 18.3. The normalized spacial score (nSPS) is 21.7. The molecule has 1 aliphatic carbocycles. The van der Waals surface area contributed by atoms with Crippen LogP contribution in [-0.4, -0.2) is 66.3 Å². The fourth-order valence-electron chi connectivity index (χ4n) is 3.34.